The van der Waals surface area contributed by atoms with Gasteiger partial charge in [0.05, 0.1) is 17.3 Å². The highest BCUT2D eigenvalue weighted by Crippen LogP contribution is 2.20. The summed E-state index contributed by atoms with van der Waals surface area (Å²) in [6.07, 6.45) is 3.93. The van der Waals surface area contributed by atoms with Crippen molar-refractivity contribution in [1.82, 2.24) is 10.2 Å². The van der Waals surface area contributed by atoms with Crippen molar-refractivity contribution in [2.75, 3.05) is 31.5 Å². The summed E-state index contributed by atoms with van der Waals surface area (Å²) in [5, 5.41) is 6.66. The van der Waals surface area contributed by atoms with E-state index in [1.165, 1.54) is 32.4 Å². The molecule has 1 aromatic rings. The SMILES string of the molecule is CC(CN1CCCCC1)NCC(=O)Nc1ccccc1Cl. The summed E-state index contributed by atoms with van der Waals surface area (Å²) in [6.45, 7) is 5.78. The molecule has 1 saturated heterocycles. The number of hydrogen-bond donors (Lipinski definition) is 2. The van der Waals surface area contributed by atoms with E-state index in [0.717, 1.165) is 6.54 Å². The molecule has 1 atom stereocenters. The zero-order chi connectivity index (χ0) is 15.1. The first kappa shape index (κ1) is 16.3. The molecule has 0 bridgehead atoms. The lowest BCUT2D eigenvalue weighted by Crippen LogP contribution is -2.43. The average Bonchev–Trinajstić information content (AvgIpc) is 2.49. The number of para-hydroxylation sites is 1. The van der Waals surface area contributed by atoms with Crippen LogP contribution in [-0.4, -0.2) is 43.0 Å². The fourth-order valence-electron chi connectivity index (χ4n) is 2.62. The molecule has 116 valence electrons. The number of benzene rings is 1. The number of piperidine rings is 1. The molecule has 1 heterocycles. The predicted molar refractivity (Wildman–Crippen MR) is 87.8 cm³/mol. The summed E-state index contributed by atoms with van der Waals surface area (Å²) >= 11 is 6.02. The Hall–Kier alpha value is -1.10. The molecule has 4 nitrogen and oxygen atoms in total. The van der Waals surface area contributed by atoms with E-state index < -0.39 is 0 Å². The number of carbonyl (C=O) groups is 1. The van der Waals surface area contributed by atoms with E-state index in [9.17, 15) is 4.79 Å². The molecule has 0 radical (unpaired) electrons. The van der Waals surface area contributed by atoms with Gasteiger partial charge in [-0.15, -0.1) is 0 Å². The van der Waals surface area contributed by atoms with Gasteiger partial charge in [-0.3, -0.25) is 4.79 Å². The Morgan fingerprint density at radius 2 is 2.00 bits per heavy atom. The quantitative estimate of drug-likeness (QED) is 0.849. The summed E-state index contributed by atoms with van der Waals surface area (Å²) in [6, 6.07) is 7.58. The monoisotopic (exact) mass is 309 g/mol. The lowest BCUT2D eigenvalue weighted by atomic mass is 10.1. The van der Waals surface area contributed by atoms with E-state index in [-0.39, 0.29) is 5.91 Å². The van der Waals surface area contributed by atoms with E-state index in [4.69, 9.17) is 11.6 Å². The van der Waals surface area contributed by atoms with E-state index >= 15 is 0 Å². The van der Waals surface area contributed by atoms with Gasteiger partial charge >= 0.3 is 0 Å². The van der Waals surface area contributed by atoms with Gasteiger partial charge < -0.3 is 15.5 Å². The largest absolute Gasteiger partial charge is 0.324 e. The molecule has 1 unspecified atom stereocenters. The molecule has 1 aromatic carbocycles. The van der Waals surface area contributed by atoms with Crippen molar-refractivity contribution in [2.45, 2.75) is 32.2 Å². The summed E-state index contributed by atoms with van der Waals surface area (Å²) < 4.78 is 0. The number of nitrogens with one attached hydrogen (secondary N) is 2. The number of likely N-dealkylation sites (tertiary alicyclic amines) is 1. The normalized spacial score (nSPS) is 17.4. The predicted octanol–water partition coefficient (Wildman–Crippen LogP) is 2.74. The van der Waals surface area contributed by atoms with Gasteiger partial charge in [-0.05, 0) is 45.0 Å². The Bertz CT molecular complexity index is 461. The third-order valence-electron chi connectivity index (χ3n) is 3.74. The van der Waals surface area contributed by atoms with Crippen molar-refractivity contribution >= 4 is 23.2 Å². The van der Waals surface area contributed by atoms with Crippen molar-refractivity contribution < 1.29 is 4.79 Å². The van der Waals surface area contributed by atoms with Gasteiger partial charge in [-0.1, -0.05) is 30.2 Å². The summed E-state index contributed by atoms with van der Waals surface area (Å²) in [5.74, 6) is -0.0615. The molecule has 2 rings (SSSR count). The van der Waals surface area contributed by atoms with Crippen molar-refractivity contribution in [3.8, 4) is 0 Å². The lowest BCUT2D eigenvalue weighted by Gasteiger charge is -2.29. The van der Waals surface area contributed by atoms with Crippen LogP contribution in [0.15, 0.2) is 24.3 Å². The van der Waals surface area contributed by atoms with Crippen molar-refractivity contribution in [3.05, 3.63) is 29.3 Å². The Labute approximate surface area is 131 Å². The first-order valence-corrected chi connectivity index (χ1v) is 8.03. The minimum Gasteiger partial charge on any atom is -0.324 e. The molecule has 0 aliphatic carbocycles. The third-order valence-corrected chi connectivity index (χ3v) is 4.07. The van der Waals surface area contributed by atoms with Gasteiger partial charge in [0.1, 0.15) is 0 Å². The minimum absolute atomic E-state index is 0.0615. The van der Waals surface area contributed by atoms with Crippen LogP contribution < -0.4 is 10.6 Å². The van der Waals surface area contributed by atoms with Gasteiger partial charge in [-0.25, -0.2) is 0 Å². The Morgan fingerprint density at radius 3 is 2.71 bits per heavy atom. The second-order valence-corrected chi connectivity index (χ2v) is 6.08. The van der Waals surface area contributed by atoms with Gasteiger partial charge in [0.2, 0.25) is 5.91 Å². The second-order valence-electron chi connectivity index (χ2n) is 5.67. The number of amides is 1. The summed E-state index contributed by atoms with van der Waals surface area (Å²) in [4.78, 5) is 14.4. The molecular formula is C16H24ClN3O. The number of halogens is 1. The first-order valence-electron chi connectivity index (χ1n) is 7.65. The number of anilines is 1. The van der Waals surface area contributed by atoms with Crippen LogP contribution in [0.3, 0.4) is 0 Å². The summed E-state index contributed by atoms with van der Waals surface area (Å²) in [7, 11) is 0. The second kappa shape index (κ2) is 8.37. The van der Waals surface area contributed by atoms with E-state index in [1.54, 1.807) is 12.1 Å². The molecular weight excluding hydrogens is 286 g/mol. The average molecular weight is 310 g/mol. The van der Waals surface area contributed by atoms with Crippen LogP contribution in [-0.2, 0) is 4.79 Å². The fourth-order valence-corrected chi connectivity index (χ4v) is 2.80. The van der Waals surface area contributed by atoms with Crippen LogP contribution in [0.2, 0.25) is 5.02 Å². The molecule has 1 aliphatic heterocycles. The highest BCUT2D eigenvalue weighted by molar-refractivity contribution is 6.33. The minimum atomic E-state index is -0.0615. The Balaban J connectivity index is 1.69. The molecule has 0 aromatic heterocycles. The van der Waals surface area contributed by atoms with Gasteiger partial charge in [-0.2, -0.15) is 0 Å². The molecule has 0 spiro atoms. The van der Waals surface area contributed by atoms with Crippen LogP contribution in [0, 0.1) is 0 Å². The van der Waals surface area contributed by atoms with Gasteiger partial charge in [0, 0.05) is 12.6 Å². The van der Waals surface area contributed by atoms with E-state index in [1.807, 2.05) is 12.1 Å². The van der Waals surface area contributed by atoms with Gasteiger partial charge in [0.25, 0.3) is 0 Å². The van der Waals surface area contributed by atoms with Crippen molar-refractivity contribution in [2.24, 2.45) is 0 Å². The van der Waals surface area contributed by atoms with Crippen LogP contribution in [0.1, 0.15) is 26.2 Å². The van der Waals surface area contributed by atoms with Crippen LogP contribution >= 0.6 is 11.6 Å². The summed E-state index contributed by atoms with van der Waals surface area (Å²) in [5.41, 5.74) is 0.662. The van der Waals surface area contributed by atoms with Crippen LogP contribution in [0.5, 0.6) is 0 Å². The lowest BCUT2D eigenvalue weighted by molar-refractivity contribution is -0.115. The number of nitrogens with zero attached hydrogens (tertiary/aromatic N) is 1. The third kappa shape index (κ3) is 5.65. The maximum Gasteiger partial charge on any atom is 0.238 e. The maximum atomic E-state index is 11.9. The maximum absolute atomic E-state index is 11.9. The highest BCUT2D eigenvalue weighted by Gasteiger charge is 2.14. The first-order chi connectivity index (χ1) is 10.1. The van der Waals surface area contributed by atoms with E-state index in [2.05, 4.69) is 22.5 Å². The molecule has 1 amide bonds. The van der Waals surface area contributed by atoms with Crippen molar-refractivity contribution in [1.29, 1.82) is 0 Å². The number of hydrogen-bond acceptors (Lipinski definition) is 3. The molecule has 5 heteroatoms. The fraction of sp³-hybridized carbons (Fsp3) is 0.562. The van der Waals surface area contributed by atoms with Crippen molar-refractivity contribution in [3.63, 3.8) is 0 Å². The smallest absolute Gasteiger partial charge is 0.238 e. The molecule has 1 fully saturated rings. The highest BCUT2D eigenvalue weighted by atomic mass is 35.5. The molecule has 1 aliphatic rings. The number of carbonyl (C=O) groups excluding carboxylic acids is 1. The van der Waals surface area contributed by atoms with Crippen LogP contribution in [0.4, 0.5) is 5.69 Å². The Morgan fingerprint density at radius 1 is 1.29 bits per heavy atom. The molecule has 21 heavy (non-hydrogen) atoms. The standard InChI is InChI=1S/C16H24ClN3O/c1-13(12-20-9-5-2-6-10-20)18-11-16(21)19-15-8-4-3-7-14(15)17/h3-4,7-8,13,18H,2,5-6,9-12H2,1H3,(H,19,21). The Kier molecular flexibility index (Phi) is 6.49. The molecule has 2 N–H and O–H groups in total. The van der Waals surface area contributed by atoms with Crippen LogP contribution in [0.25, 0.3) is 0 Å². The zero-order valence-electron chi connectivity index (χ0n) is 12.6. The molecule has 0 saturated carbocycles. The topological polar surface area (TPSA) is 44.4 Å². The van der Waals surface area contributed by atoms with E-state index in [0.29, 0.717) is 23.3 Å². The zero-order valence-corrected chi connectivity index (χ0v) is 13.3. The van der Waals surface area contributed by atoms with Gasteiger partial charge in [0.15, 0.2) is 0 Å². The number of rotatable bonds is 6.